The fourth-order valence-corrected chi connectivity index (χ4v) is 3.04. The van der Waals surface area contributed by atoms with Crippen molar-refractivity contribution in [2.24, 2.45) is 5.73 Å². The zero-order valence-corrected chi connectivity index (χ0v) is 13.5. The first-order chi connectivity index (χ1) is 11.0. The average molecular weight is 340 g/mol. The standard InChI is InChI=1S/C14H16N2O6S/c1-3-21-14(19)10-7(2)9(11(15)17)13(23-10)16-12(18)8-6-20-4-5-22-8/h6H,3-5H2,1-2H3,(H2,15,17)(H,16,18). The lowest BCUT2D eigenvalue weighted by atomic mass is 10.1. The molecule has 23 heavy (non-hydrogen) atoms. The van der Waals surface area contributed by atoms with Crippen molar-refractivity contribution in [3.05, 3.63) is 28.0 Å². The molecule has 0 aromatic carbocycles. The largest absolute Gasteiger partial charge is 0.494 e. The fourth-order valence-electron chi connectivity index (χ4n) is 1.94. The summed E-state index contributed by atoms with van der Waals surface area (Å²) in [7, 11) is 0. The third kappa shape index (κ3) is 3.62. The van der Waals surface area contributed by atoms with Crippen molar-refractivity contribution >= 4 is 34.1 Å². The summed E-state index contributed by atoms with van der Waals surface area (Å²) < 4.78 is 15.1. The van der Waals surface area contributed by atoms with Crippen molar-refractivity contribution in [3.8, 4) is 0 Å². The number of thiophene rings is 1. The average Bonchev–Trinajstić information content (AvgIpc) is 2.85. The zero-order chi connectivity index (χ0) is 17.0. The van der Waals surface area contributed by atoms with Gasteiger partial charge in [-0.2, -0.15) is 0 Å². The van der Waals surface area contributed by atoms with Gasteiger partial charge in [0.25, 0.3) is 11.8 Å². The summed E-state index contributed by atoms with van der Waals surface area (Å²) in [4.78, 5) is 35.9. The van der Waals surface area contributed by atoms with Crippen LogP contribution in [0.3, 0.4) is 0 Å². The maximum Gasteiger partial charge on any atom is 0.348 e. The molecule has 1 aromatic rings. The molecule has 0 spiro atoms. The van der Waals surface area contributed by atoms with Crippen molar-refractivity contribution in [1.82, 2.24) is 0 Å². The lowest BCUT2D eigenvalue weighted by Gasteiger charge is -2.14. The number of nitrogens with one attached hydrogen (secondary N) is 1. The van der Waals surface area contributed by atoms with Crippen molar-refractivity contribution in [3.63, 3.8) is 0 Å². The van der Waals surface area contributed by atoms with Gasteiger partial charge in [0.15, 0.2) is 0 Å². The molecule has 2 rings (SSSR count). The maximum absolute atomic E-state index is 12.1. The number of primary amides is 1. The van der Waals surface area contributed by atoms with Crippen LogP contribution in [0.1, 0.15) is 32.5 Å². The summed E-state index contributed by atoms with van der Waals surface area (Å²) in [5, 5.41) is 2.68. The lowest BCUT2D eigenvalue weighted by Crippen LogP contribution is -2.22. The van der Waals surface area contributed by atoms with E-state index >= 15 is 0 Å². The Morgan fingerprint density at radius 2 is 2.13 bits per heavy atom. The first kappa shape index (κ1) is 16.8. The number of rotatable bonds is 5. The van der Waals surface area contributed by atoms with Gasteiger partial charge in [-0.15, -0.1) is 11.3 Å². The monoisotopic (exact) mass is 340 g/mol. The molecule has 2 amide bonds. The fraction of sp³-hybridized carbons (Fsp3) is 0.357. The molecule has 0 aliphatic carbocycles. The van der Waals surface area contributed by atoms with Crippen molar-refractivity contribution in [1.29, 1.82) is 0 Å². The number of carbonyl (C=O) groups is 3. The Bertz CT molecular complexity index is 679. The van der Waals surface area contributed by atoms with Gasteiger partial charge in [-0.05, 0) is 19.4 Å². The molecular formula is C14H16N2O6S. The minimum Gasteiger partial charge on any atom is -0.494 e. The topological polar surface area (TPSA) is 117 Å². The summed E-state index contributed by atoms with van der Waals surface area (Å²) >= 11 is 0.924. The van der Waals surface area contributed by atoms with E-state index in [1.165, 1.54) is 6.26 Å². The summed E-state index contributed by atoms with van der Waals surface area (Å²) in [6.45, 7) is 4.04. The molecule has 0 fully saturated rings. The van der Waals surface area contributed by atoms with Gasteiger partial charge in [0, 0.05) is 0 Å². The van der Waals surface area contributed by atoms with Crippen LogP contribution in [-0.2, 0) is 19.0 Å². The van der Waals surface area contributed by atoms with Gasteiger partial charge in [0.1, 0.15) is 29.4 Å². The summed E-state index contributed by atoms with van der Waals surface area (Å²) in [5.74, 6) is -1.94. The van der Waals surface area contributed by atoms with E-state index in [9.17, 15) is 14.4 Å². The van der Waals surface area contributed by atoms with Gasteiger partial charge < -0.3 is 25.3 Å². The third-order valence-electron chi connectivity index (χ3n) is 2.95. The first-order valence-corrected chi connectivity index (χ1v) is 7.63. The molecule has 0 atom stereocenters. The predicted molar refractivity (Wildman–Crippen MR) is 82.1 cm³/mol. The summed E-state index contributed by atoms with van der Waals surface area (Å²) in [6, 6.07) is 0. The highest BCUT2D eigenvalue weighted by molar-refractivity contribution is 7.18. The molecule has 1 aliphatic rings. The Morgan fingerprint density at radius 3 is 2.70 bits per heavy atom. The molecule has 8 nitrogen and oxygen atoms in total. The number of nitrogens with two attached hydrogens (primary N) is 1. The quantitative estimate of drug-likeness (QED) is 0.777. The van der Waals surface area contributed by atoms with Gasteiger partial charge in [0.05, 0.1) is 12.2 Å². The van der Waals surface area contributed by atoms with Crippen LogP contribution in [-0.4, -0.2) is 37.6 Å². The van der Waals surface area contributed by atoms with E-state index in [2.05, 4.69) is 5.32 Å². The van der Waals surface area contributed by atoms with E-state index < -0.39 is 17.8 Å². The Labute approximate surface area is 136 Å². The highest BCUT2D eigenvalue weighted by Gasteiger charge is 2.26. The molecular weight excluding hydrogens is 324 g/mol. The van der Waals surface area contributed by atoms with E-state index in [1.807, 2.05) is 0 Å². The molecule has 2 heterocycles. The van der Waals surface area contributed by atoms with Crippen LogP contribution in [0.2, 0.25) is 0 Å². The van der Waals surface area contributed by atoms with Crippen LogP contribution in [0, 0.1) is 6.92 Å². The predicted octanol–water partition coefficient (Wildman–Crippen LogP) is 1.16. The number of carbonyl (C=O) groups excluding carboxylic acids is 3. The van der Waals surface area contributed by atoms with Crippen LogP contribution in [0.15, 0.2) is 12.0 Å². The Balaban J connectivity index is 2.31. The smallest absolute Gasteiger partial charge is 0.348 e. The minimum absolute atomic E-state index is 0.0181. The minimum atomic E-state index is -0.751. The number of amides is 2. The molecule has 1 aliphatic heterocycles. The van der Waals surface area contributed by atoms with Crippen LogP contribution >= 0.6 is 11.3 Å². The molecule has 3 N–H and O–H groups in total. The third-order valence-corrected chi connectivity index (χ3v) is 4.14. The first-order valence-electron chi connectivity index (χ1n) is 6.82. The van der Waals surface area contributed by atoms with Crippen molar-refractivity contribution in [2.75, 3.05) is 25.1 Å². The maximum atomic E-state index is 12.1. The molecule has 9 heteroatoms. The number of hydrogen-bond acceptors (Lipinski definition) is 7. The van der Waals surface area contributed by atoms with Gasteiger partial charge in [-0.3, -0.25) is 9.59 Å². The highest BCUT2D eigenvalue weighted by Crippen LogP contribution is 2.33. The Kier molecular flexibility index (Phi) is 5.22. The number of ether oxygens (including phenoxy) is 3. The number of hydrogen-bond donors (Lipinski definition) is 2. The van der Waals surface area contributed by atoms with Gasteiger partial charge in [0.2, 0.25) is 5.76 Å². The molecule has 0 bridgehead atoms. The molecule has 0 radical (unpaired) electrons. The van der Waals surface area contributed by atoms with Crippen LogP contribution in [0.25, 0.3) is 0 Å². The van der Waals surface area contributed by atoms with Gasteiger partial charge in [-0.1, -0.05) is 0 Å². The molecule has 0 saturated carbocycles. The molecule has 1 aromatic heterocycles. The lowest BCUT2D eigenvalue weighted by molar-refractivity contribution is -0.117. The number of anilines is 1. The summed E-state index contributed by atoms with van der Waals surface area (Å²) in [5.41, 5.74) is 5.79. The Morgan fingerprint density at radius 1 is 1.39 bits per heavy atom. The SMILES string of the molecule is CCOC(=O)c1sc(NC(=O)C2=COCCO2)c(C(N)=O)c1C. The van der Waals surface area contributed by atoms with Crippen LogP contribution < -0.4 is 11.1 Å². The second-order valence-corrected chi connectivity index (χ2v) is 5.52. The second-order valence-electron chi connectivity index (χ2n) is 4.50. The van der Waals surface area contributed by atoms with Crippen LogP contribution in [0.4, 0.5) is 5.00 Å². The van der Waals surface area contributed by atoms with E-state index in [-0.39, 0.29) is 34.4 Å². The van der Waals surface area contributed by atoms with Crippen molar-refractivity contribution < 1.29 is 28.6 Å². The molecule has 0 unspecified atom stereocenters. The van der Waals surface area contributed by atoms with E-state index in [4.69, 9.17) is 19.9 Å². The van der Waals surface area contributed by atoms with E-state index in [1.54, 1.807) is 13.8 Å². The molecule has 0 saturated heterocycles. The summed E-state index contributed by atoms with van der Waals surface area (Å²) in [6.07, 6.45) is 1.19. The van der Waals surface area contributed by atoms with Crippen LogP contribution in [0.5, 0.6) is 0 Å². The highest BCUT2D eigenvalue weighted by atomic mass is 32.1. The van der Waals surface area contributed by atoms with Gasteiger partial charge in [-0.25, -0.2) is 4.79 Å². The Hall–Kier alpha value is -2.55. The zero-order valence-electron chi connectivity index (χ0n) is 12.6. The second kappa shape index (κ2) is 7.14. The normalized spacial score (nSPS) is 13.4. The number of esters is 1. The molecule has 124 valence electrons. The van der Waals surface area contributed by atoms with E-state index in [0.717, 1.165) is 11.3 Å². The van der Waals surface area contributed by atoms with Gasteiger partial charge >= 0.3 is 5.97 Å². The van der Waals surface area contributed by atoms with E-state index in [0.29, 0.717) is 12.2 Å². The van der Waals surface area contributed by atoms with Crippen molar-refractivity contribution in [2.45, 2.75) is 13.8 Å².